The van der Waals surface area contributed by atoms with Gasteiger partial charge in [0.05, 0.1) is 0 Å². The number of unbranched alkanes of at least 4 members (excludes halogenated alkanes) is 20. The lowest BCUT2D eigenvalue weighted by Gasteiger charge is -2.22. The van der Waals surface area contributed by atoms with E-state index in [4.69, 9.17) is 16.3 Å². The van der Waals surface area contributed by atoms with E-state index in [1.807, 2.05) is 0 Å². The molecule has 0 saturated carbocycles. The normalized spacial score (nSPS) is 11.4. The summed E-state index contributed by atoms with van der Waals surface area (Å²) in [6.07, 6.45) is 35.1. The summed E-state index contributed by atoms with van der Waals surface area (Å²) in [5, 5.41) is 0. The first-order chi connectivity index (χ1) is 20.2. The van der Waals surface area contributed by atoms with E-state index in [0.717, 1.165) is 44.5 Å². The molecular weight excluding hydrogens is 538 g/mol. The second-order valence-corrected chi connectivity index (χ2v) is 13.1. The van der Waals surface area contributed by atoms with E-state index in [9.17, 15) is 4.79 Å². The molecule has 0 heterocycles. The maximum absolute atomic E-state index is 12.6. The summed E-state index contributed by atoms with van der Waals surface area (Å²) in [5.74, 6) is 0.816. The van der Waals surface area contributed by atoms with Gasteiger partial charge in [-0.25, -0.2) is 0 Å². The summed E-state index contributed by atoms with van der Waals surface area (Å²) < 4.78 is 6.02. The highest BCUT2D eigenvalue weighted by Crippen LogP contribution is 2.18. The molecule has 4 heteroatoms. The van der Waals surface area contributed by atoms with Crippen molar-refractivity contribution in [2.75, 3.05) is 25.5 Å². The summed E-state index contributed by atoms with van der Waals surface area (Å²) in [7, 11) is 0. The fourth-order valence-corrected chi connectivity index (χ4v) is 5.98. The minimum atomic E-state index is 0. The molecule has 0 aliphatic rings. The number of hydrogen-bond acceptors (Lipinski definition) is 3. The van der Waals surface area contributed by atoms with Crippen LogP contribution in [0.1, 0.15) is 208 Å². The largest absolute Gasteiger partial charge is 0.462 e. The zero-order valence-corrected chi connectivity index (χ0v) is 29.1. The van der Waals surface area contributed by atoms with Crippen LogP contribution in [-0.4, -0.2) is 42.5 Å². The summed E-state index contributed by atoms with van der Waals surface area (Å²) in [6, 6.07) is 0. The maximum Gasteiger partial charge on any atom is 0.306 e. The quantitative estimate of drug-likeness (QED) is 0.0409. The number of halogens is 1. The molecule has 0 amide bonds. The Balaban J connectivity index is 0. The highest BCUT2D eigenvalue weighted by atomic mass is 35.5. The van der Waals surface area contributed by atoms with Crippen molar-refractivity contribution >= 4 is 17.6 Å². The molecule has 0 aromatic carbocycles. The van der Waals surface area contributed by atoms with E-state index >= 15 is 0 Å². The van der Waals surface area contributed by atoms with Crippen molar-refractivity contribution in [3.63, 3.8) is 0 Å². The van der Waals surface area contributed by atoms with Gasteiger partial charge in [-0.3, -0.25) is 4.79 Å². The van der Waals surface area contributed by atoms with Crippen LogP contribution >= 0.6 is 11.6 Å². The fraction of sp³-hybridized carbons (Fsp3) is 0.974. The van der Waals surface area contributed by atoms with Crippen LogP contribution in [0.4, 0.5) is 0 Å². The van der Waals surface area contributed by atoms with Gasteiger partial charge in [-0.1, -0.05) is 150 Å². The van der Waals surface area contributed by atoms with E-state index in [2.05, 4.69) is 25.7 Å². The number of rotatable bonds is 34. The predicted molar refractivity (Wildman–Crippen MR) is 190 cm³/mol. The Kier molecular flexibility index (Phi) is 38.5. The van der Waals surface area contributed by atoms with Gasteiger partial charge in [0.1, 0.15) is 6.10 Å². The molecule has 0 aromatic heterocycles. The van der Waals surface area contributed by atoms with E-state index in [-0.39, 0.29) is 19.5 Å². The number of hydrogen-bond donors (Lipinski definition) is 0. The smallest absolute Gasteiger partial charge is 0.306 e. The number of esters is 1. The Morgan fingerprint density at radius 1 is 0.524 bits per heavy atom. The molecule has 0 saturated heterocycles. The predicted octanol–water partition coefficient (Wildman–Crippen LogP) is 13.1. The lowest BCUT2D eigenvalue weighted by molar-refractivity contribution is -0.150. The third-order valence-corrected chi connectivity index (χ3v) is 8.87. The van der Waals surface area contributed by atoms with Gasteiger partial charge in [-0.05, 0) is 71.0 Å². The average molecular weight is 617 g/mol. The Labute approximate surface area is 271 Å². The molecule has 0 aliphatic carbocycles. The molecule has 0 bridgehead atoms. The summed E-state index contributed by atoms with van der Waals surface area (Å²) in [5.41, 5.74) is 0. The molecule has 0 spiro atoms. The van der Waals surface area contributed by atoms with Gasteiger partial charge in [-0.2, -0.15) is 0 Å². The molecule has 0 unspecified atom stereocenters. The van der Waals surface area contributed by atoms with E-state index in [1.54, 1.807) is 0 Å². The molecule has 0 N–H and O–H groups in total. The van der Waals surface area contributed by atoms with Crippen LogP contribution in [0, 0.1) is 0 Å². The third kappa shape index (κ3) is 32.6. The fourth-order valence-electron chi connectivity index (χ4n) is 5.86. The van der Waals surface area contributed by atoms with Crippen molar-refractivity contribution < 1.29 is 9.53 Å². The molecule has 0 atom stereocenters. The average Bonchev–Trinajstić information content (AvgIpc) is 2.97. The van der Waals surface area contributed by atoms with E-state index in [1.165, 1.54) is 154 Å². The molecular formula is C38H78ClNO2. The number of nitrogens with zero attached hydrogens (tertiary/aromatic N) is 1. The highest BCUT2D eigenvalue weighted by Gasteiger charge is 2.14. The number of alkyl halides is 1. The van der Waals surface area contributed by atoms with Crippen LogP contribution in [0.3, 0.4) is 0 Å². The minimum absolute atomic E-state index is 0. The van der Waals surface area contributed by atoms with Crippen molar-refractivity contribution in [3.8, 4) is 0 Å². The molecule has 0 radical (unpaired) electrons. The van der Waals surface area contributed by atoms with E-state index < -0.39 is 0 Å². The first-order valence-corrected chi connectivity index (χ1v) is 19.2. The Bertz CT molecular complexity index is 499. The summed E-state index contributed by atoms with van der Waals surface area (Å²) in [6.45, 7) is 10.4. The van der Waals surface area contributed by atoms with Gasteiger partial charge in [0.2, 0.25) is 0 Å². The van der Waals surface area contributed by atoms with Crippen molar-refractivity contribution in [2.24, 2.45) is 0 Å². The highest BCUT2D eigenvalue weighted by molar-refractivity contribution is 6.17. The molecule has 3 nitrogen and oxygen atoms in total. The van der Waals surface area contributed by atoms with Gasteiger partial charge in [0, 0.05) is 12.3 Å². The number of ether oxygens (including phenoxy) is 1. The maximum atomic E-state index is 12.6. The van der Waals surface area contributed by atoms with Crippen molar-refractivity contribution in [2.45, 2.75) is 214 Å². The molecule has 0 aromatic rings. The SMILES string of the molecule is C.CCCCCCCCCN(CCCCl)CCCCCCCC(=O)OC(CCCCCCCC)CCCCCCCC. The van der Waals surface area contributed by atoms with E-state index in [0.29, 0.717) is 6.42 Å². The van der Waals surface area contributed by atoms with Crippen molar-refractivity contribution in [1.29, 1.82) is 0 Å². The first-order valence-electron chi connectivity index (χ1n) is 18.7. The van der Waals surface area contributed by atoms with Gasteiger partial charge in [0.25, 0.3) is 0 Å². The first kappa shape index (κ1) is 43.8. The topological polar surface area (TPSA) is 29.5 Å². The van der Waals surface area contributed by atoms with Gasteiger partial charge in [0.15, 0.2) is 0 Å². The van der Waals surface area contributed by atoms with Crippen LogP contribution in [0.5, 0.6) is 0 Å². The van der Waals surface area contributed by atoms with Crippen molar-refractivity contribution in [1.82, 2.24) is 4.90 Å². The lowest BCUT2D eigenvalue weighted by Crippen LogP contribution is -2.27. The van der Waals surface area contributed by atoms with Crippen LogP contribution in [0.2, 0.25) is 0 Å². The van der Waals surface area contributed by atoms with Crippen LogP contribution in [0.15, 0.2) is 0 Å². The minimum Gasteiger partial charge on any atom is -0.462 e. The van der Waals surface area contributed by atoms with Crippen LogP contribution in [0.25, 0.3) is 0 Å². The second kappa shape index (κ2) is 36.9. The van der Waals surface area contributed by atoms with Gasteiger partial charge in [-0.15, -0.1) is 11.6 Å². The summed E-state index contributed by atoms with van der Waals surface area (Å²) in [4.78, 5) is 15.3. The molecule has 42 heavy (non-hydrogen) atoms. The molecule has 254 valence electrons. The molecule has 0 aliphatic heterocycles. The van der Waals surface area contributed by atoms with Crippen LogP contribution < -0.4 is 0 Å². The molecule has 0 rings (SSSR count). The zero-order chi connectivity index (χ0) is 30.1. The Hall–Kier alpha value is -0.280. The zero-order valence-electron chi connectivity index (χ0n) is 28.3. The monoisotopic (exact) mass is 616 g/mol. The van der Waals surface area contributed by atoms with Crippen LogP contribution in [-0.2, 0) is 9.53 Å². The van der Waals surface area contributed by atoms with Crippen molar-refractivity contribution in [3.05, 3.63) is 0 Å². The standard InChI is InChI=1S/C37H74ClNO2.CH4/c1-4-7-10-13-16-21-26-33-39(35-28-32-38)34-27-22-17-20-25-31-37(40)41-36(29-23-18-14-11-8-5-2)30-24-19-15-12-9-6-3;/h36H,4-35H2,1-3H3;1H4. The second-order valence-electron chi connectivity index (χ2n) is 12.7. The Morgan fingerprint density at radius 3 is 1.31 bits per heavy atom. The summed E-state index contributed by atoms with van der Waals surface area (Å²) >= 11 is 5.99. The number of carbonyl (C=O) groups is 1. The Morgan fingerprint density at radius 2 is 0.881 bits per heavy atom. The lowest BCUT2D eigenvalue weighted by atomic mass is 10.0. The molecule has 0 fully saturated rings. The third-order valence-electron chi connectivity index (χ3n) is 8.60. The van der Waals surface area contributed by atoms with Gasteiger partial charge >= 0.3 is 5.97 Å². The van der Waals surface area contributed by atoms with Gasteiger partial charge < -0.3 is 9.64 Å². The number of carbonyl (C=O) groups excluding carboxylic acids is 1.